The molecule has 1 aromatic rings. The van der Waals surface area contributed by atoms with E-state index in [0.717, 1.165) is 57.9 Å². The molecule has 0 unspecified atom stereocenters. The second-order valence-electron chi connectivity index (χ2n) is 7.31. The molecular formula is C20H31N5O. The quantitative estimate of drug-likeness (QED) is 0.589. The van der Waals surface area contributed by atoms with Crippen LogP contribution in [0.4, 0.5) is 0 Å². The molecule has 0 radical (unpaired) electrons. The summed E-state index contributed by atoms with van der Waals surface area (Å²) in [7, 11) is 1.84. The monoisotopic (exact) mass is 357 g/mol. The van der Waals surface area contributed by atoms with E-state index in [2.05, 4.69) is 56.6 Å². The normalized spacial score (nSPS) is 18.7. The Bertz CT molecular complexity index is 616. The lowest BCUT2D eigenvalue weighted by Crippen LogP contribution is -2.54. The van der Waals surface area contributed by atoms with Crippen molar-refractivity contribution in [2.45, 2.75) is 32.2 Å². The van der Waals surface area contributed by atoms with Gasteiger partial charge in [0.1, 0.15) is 0 Å². The van der Waals surface area contributed by atoms with Crippen molar-refractivity contribution in [3.63, 3.8) is 0 Å². The molecule has 0 bridgehead atoms. The van der Waals surface area contributed by atoms with Crippen LogP contribution in [0.15, 0.2) is 29.3 Å². The van der Waals surface area contributed by atoms with E-state index in [1.807, 2.05) is 7.05 Å². The lowest BCUT2D eigenvalue weighted by Gasteiger charge is -2.36. The summed E-state index contributed by atoms with van der Waals surface area (Å²) in [6.07, 6.45) is 3.27. The Balaban J connectivity index is 1.37. The Hall–Kier alpha value is -2.08. The maximum absolute atomic E-state index is 11.9. The first kappa shape index (κ1) is 18.7. The summed E-state index contributed by atoms with van der Waals surface area (Å²) < 4.78 is 0. The Morgan fingerprint density at radius 1 is 1.15 bits per heavy atom. The predicted octanol–water partition coefficient (Wildman–Crippen LogP) is 1.01. The van der Waals surface area contributed by atoms with Crippen molar-refractivity contribution in [2.75, 3.05) is 46.3 Å². The fourth-order valence-electron chi connectivity index (χ4n) is 3.23. The van der Waals surface area contributed by atoms with E-state index in [4.69, 9.17) is 0 Å². The molecule has 1 amide bonds. The second kappa shape index (κ2) is 9.03. The van der Waals surface area contributed by atoms with Gasteiger partial charge in [0.05, 0.1) is 6.54 Å². The van der Waals surface area contributed by atoms with Gasteiger partial charge in [-0.15, -0.1) is 0 Å². The highest BCUT2D eigenvalue weighted by Gasteiger charge is 2.25. The standard InChI is InChI=1S/C20H31N5O/c1-16-3-5-17(6-4-16)9-10-22-20(21-2)25-13-11-24(12-14-25)15-19(26)23-18-7-8-18/h3-6,18H,7-15H2,1-2H3,(H,21,22)(H,23,26). The number of benzene rings is 1. The topological polar surface area (TPSA) is 60.0 Å². The third-order valence-electron chi connectivity index (χ3n) is 5.01. The number of amides is 1. The molecule has 3 rings (SSSR count). The molecule has 2 N–H and O–H groups in total. The third-order valence-corrected chi connectivity index (χ3v) is 5.01. The highest BCUT2D eigenvalue weighted by Crippen LogP contribution is 2.18. The number of nitrogens with zero attached hydrogens (tertiary/aromatic N) is 3. The fraction of sp³-hybridized carbons (Fsp3) is 0.600. The van der Waals surface area contributed by atoms with Crippen molar-refractivity contribution in [3.8, 4) is 0 Å². The SMILES string of the molecule is CN=C(NCCc1ccc(C)cc1)N1CCN(CC(=O)NC2CC2)CC1. The largest absolute Gasteiger partial charge is 0.356 e. The van der Waals surface area contributed by atoms with Gasteiger partial charge in [0.25, 0.3) is 0 Å². The lowest BCUT2D eigenvalue weighted by atomic mass is 10.1. The molecule has 2 fully saturated rings. The number of nitrogens with one attached hydrogen (secondary N) is 2. The molecule has 1 saturated heterocycles. The van der Waals surface area contributed by atoms with Crippen LogP contribution >= 0.6 is 0 Å². The third kappa shape index (κ3) is 5.73. The number of aryl methyl sites for hydroxylation is 1. The molecule has 2 aliphatic rings. The number of guanidine groups is 1. The molecule has 6 nitrogen and oxygen atoms in total. The van der Waals surface area contributed by atoms with Gasteiger partial charge in [-0.2, -0.15) is 0 Å². The minimum atomic E-state index is 0.168. The molecule has 6 heteroatoms. The summed E-state index contributed by atoms with van der Waals surface area (Å²) >= 11 is 0. The molecule has 1 aromatic carbocycles. The van der Waals surface area contributed by atoms with Crippen molar-refractivity contribution >= 4 is 11.9 Å². The van der Waals surface area contributed by atoms with Gasteiger partial charge in [-0.25, -0.2) is 0 Å². The van der Waals surface area contributed by atoms with E-state index in [1.54, 1.807) is 0 Å². The Labute approximate surface area is 156 Å². The second-order valence-corrected chi connectivity index (χ2v) is 7.31. The van der Waals surface area contributed by atoms with Crippen molar-refractivity contribution in [3.05, 3.63) is 35.4 Å². The lowest BCUT2D eigenvalue weighted by molar-refractivity contribution is -0.122. The first-order valence-corrected chi connectivity index (χ1v) is 9.67. The zero-order chi connectivity index (χ0) is 18.4. The first-order chi connectivity index (χ1) is 12.6. The molecule has 1 aliphatic heterocycles. The number of aliphatic imine (C=N–C) groups is 1. The van der Waals surface area contributed by atoms with Gasteiger partial charge in [-0.3, -0.25) is 14.7 Å². The summed E-state index contributed by atoms with van der Waals surface area (Å²) in [6.45, 7) is 7.11. The fourth-order valence-corrected chi connectivity index (χ4v) is 3.23. The van der Waals surface area contributed by atoms with Gasteiger partial charge in [0.2, 0.25) is 5.91 Å². The maximum atomic E-state index is 11.9. The van der Waals surface area contributed by atoms with Crippen molar-refractivity contribution in [1.82, 2.24) is 20.4 Å². The zero-order valence-corrected chi connectivity index (χ0v) is 16.0. The average Bonchev–Trinajstić information content (AvgIpc) is 3.45. The van der Waals surface area contributed by atoms with Gasteiger partial charge >= 0.3 is 0 Å². The zero-order valence-electron chi connectivity index (χ0n) is 16.0. The number of piperazine rings is 1. The van der Waals surface area contributed by atoms with E-state index in [-0.39, 0.29) is 5.91 Å². The van der Waals surface area contributed by atoms with E-state index in [0.29, 0.717) is 12.6 Å². The molecule has 1 aliphatic carbocycles. The Kier molecular flexibility index (Phi) is 6.50. The molecule has 0 aromatic heterocycles. The molecule has 1 heterocycles. The molecular weight excluding hydrogens is 326 g/mol. The van der Waals surface area contributed by atoms with Crippen LogP contribution in [0.2, 0.25) is 0 Å². The van der Waals surface area contributed by atoms with Gasteiger partial charge in [0.15, 0.2) is 5.96 Å². The van der Waals surface area contributed by atoms with Crippen LogP contribution in [0.3, 0.4) is 0 Å². The molecule has 0 atom stereocenters. The minimum Gasteiger partial charge on any atom is -0.356 e. The van der Waals surface area contributed by atoms with Crippen LogP contribution < -0.4 is 10.6 Å². The summed E-state index contributed by atoms with van der Waals surface area (Å²) in [5.74, 6) is 1.13. The van der Waals surface area contributed by atoms with E-state index < -0.39 is 0 Å². The van der Waals surface area contributed by atoms with Crippen LogP contribution in [-0.2, 0) is 11.2 Å². The molecule has 1 saturated carbocycles. The smallest absolute Gasteiger partial charge is 0.234 e. The van der Waals surface area contributed by atoms with Gasteiger partial charge in [-0.05, 0) is 31.7 Å². The van der Waals surface area contributed by atoms with Crippen LogP contribution in [0.5, 0.6) is 0 Å². The summed E-state index contributed by atoms with van der Waals surface area (Å²) in [6, 6.07) is 9.13. The van der Waals surface area contributed by atoms with Crippen LogP contribution in [0.1, 0.15) is 24.0 Å². The number of hydrogen-bond donors (Lipinski definition) is 2. The Morgan fingerprint density at radius 3 is 2.46 bits per heavy atom. The van der Waals surface area contributed by atoms with Crippen molar-refractivity contribution < 1.29 is 4.79 Å². The van der Waals surface area contributed by atoms with Crippen molar-refractivity contribution in [1.29, 1.82) is 0 Å². The summed E-state index contributed by atoms with van der Waals surface area (Å²) in [5.41, 5.74) is 2.63. The van der Waals surface area contributed by atoms with Crippen LogP contribution in [0, 0.1) is 6.92 Å². The van der Waals surface area contributed by atoms with Gasteiger partial charge in [0, 0.05) is 45.8 Å². The number of rotatable bonds is 6. The van der Waals surface area contributed by atoms with Crippen LogP contribution in [-0.4, -0.2) is 74.0 Å². The molecule has 0 spiro atoms. The van der Waals surface area contributed by atoms with E-state index >= 15 is 0 Å². The number of carbonyl (C=O) groups excluding carboxylic acids is 1. The van der Waals surface area contributed by atoms with Gasteiger partial charge < -0.3 is 15.5 Å². The predicted molar refractivity (Wildman–Crippen MR) is 105 cm³/mol. The number of hydrogen-bond acceptors (Lipinski definition) is 3. The summed E-state index contributed by atoms with van der Waals surface area (Å²) in [5, 5.41) is 6.53. The first-order valence-electron chi connectivity index (χ1n) is 9.67. The molecule has 142 valence electrons. The maximum Gasteiger partial charge on any atom is 0.234 e. The highest BCUT2D eigenvalue weighted by atomic mass is 16.2. The number of carbonyl (C=O) groups is 1. The van der Waals surface area contributed by atoms with Crippen molar-refractivity contribution in [2.24, 2.45) is 4.99 Å². The van der Waals surface area contributed by atoms with Gasteiger partial charge in [-0.1, -0.05) is 29.8 Å². The van der Waals surface area contributed by atoms with E-state index in [1.165, 1.54) is 11.1 Å². The average molecular weight is 358 g/mol. The van der Waals surface area contributed by atoms with Crippen LogP contribution in [0.25, 0.3) is 0 Å². The highest BCUT2D eigenvalue weighted by molar-refractivity contribution is 5.80. The minimum absolute atomic E-state index is 0.168. The molecule has 26 heavy (non-hydrogen) atoms. The Morgan fingerprint density at radius 2 is 1.85 bits per heavy atom. The van der Waals surface area contributed by atoms with E-state index in [9.17, 15) is 4.79 Å². The summed E-state index contributed by atoms with van der Waals surface area (Å²) in [4.78, 5) is 20.9.